The van der Waals surface area contributed by atoms with E-state index in [1.165, 1.54) is 0 Å². The standard InChI is InChI=1S/C29H34N2O4/c1-19(2)22-14-13-20(3)17-25(22)35-28(34)29-16-15-26(32)31(29)24-12-8-7-11-23(24)27(33)30(29)18-21-9-5-4-6-10-21/h4-12,19-20,22,25H,13-18H2,1-3H3/t20-,22-,25-,29-/m1/s1. The molecule has 0 N–H and O–H groups in total. The van der Waals surface area contributed by atoms with Crippen molar-refractivity contribution >= 4 is 23.5 Å². The Hall–Kier alpha value is -3.15. The lowest BCUT2D eigenvalue weighted by molar-refractivity contribution is -0.169. The number of carbonyl (C=O) groups excluding carboxylic acids is 3. The summed E-state index contributed by atoms with van der Waals surface area (Å²) in [4.78, 5) is 44.5. The van der Waals surface area contributed by atoms with E-state index in [1.807, 2.05) is 30.3 Å². The van der Waals surface area contributed by atoms with E-state index in [1.54, 1.807) is 34.1 Å². The molecule has 2 aliphatic heterocycles. The first kappa shape index (κ1) is 23.6. The molecule has 35 heavy (non-hydrogen) atoms. The zero-order valence-corrected chi connectivity index (χ0v) is 20.8. The average Bonchev–Trinajstić information content (AvgIpc) is 3.20. The van der Waals surface area contributed by atoms with Crippen molar-refractivity contribution in [2.45, 2.75) is 71.2 Å². The van der Waals surface area contributed by atoms with Gasteiger partial charge < -0.3 is 9.64 Å². The zero-order valence-electron chi connectivity index (χ0n) is 20.8. The van der Waals surface area contributed by atoms with Crippen LogP contribution >= 0.6 is 0 Å². The van der Waals surface area contributed by atoms with Crippen molar-refractivity contribution < 1.29 is 19.1 Å². The molecular formula is C29H34N2O4. The Balaban J connectivity index is 1.58. The second-order valence-corrected chi connectivity index (χ2v) is 10.7. The number of hydrogen-bond acceptors (Lipinski definition) is 4. The summed E-state index contributed by atoms with van der Waals surface area (Å²) in [5.74, 6) is 0.240. The quantitative estimate of drug-likeness (QED) is 0.561. The smallest absolute Gasteiger partial charge is 0.354 e. The van der Waals surface area contributed by atoms with Crippen molar-refractivity contribution in [3.8, 4) is 0 Å². The molecule has 0 unspecified atom stereocenters. The van der Waals surface area contributed by atoms with Gasteiger partial charge in [-0.2, -0.15) is 0 Å². The van der Waals surface area contributed by atoms with Gasteiger partial charge in [0.2, 0.25) is 11.6 Å². The molecule has 2 amide bonds. The van der Waals surface area contributed by atoms with E-state index in [0.717, 1.165) is 24.8 Å². The lowest BCUT2D eigenvalue weighted by Gasteiger charge is -2.49. The molecule has 6 nitrogen and oxygen atoms in total. The third kappa shape index (κ3) is 3.93. The van der Waals surface area contributed by atoms with Crippen LogP contribution in [-0.2, 0) is 20.9 Å². The molecule has 5 rings (SSSR count). The van der Waals surface area contributed by atoms with Gasteiger partial charge in [-0.25, -0.2) is 4.79 Å². The second kappa shape index (κ2) is 9.14. The van der Waals surface area contributed by atoms with E-state index in [0.29, 0.717) is 23.1 Å². The summed E-state index contributed by atoms with van der Waals surface area (Å²) >= 11 is 0. The number of amides is 2. The minimum Gasteiger partial charge on any atom is -0.459 e. The Bertz CT molecular complexity index is 1130. The number of fused-ring (bicyclic) bond motifs is 3. The first-order valence-corrected chi connectivity index (χ1v) is 12.8. The molecule has 1 aliphatic carbocycles. The number of esters is 1. The van der Waals surface area contributed by atoms with Crippen LogP contribution in [0.1, 0.15) is 68.8 Å². The van der Waals surface area contributed by atoms with Crippen LogP contribution < -0.4 is 4.90 Å². The lowest BCUT2D eigenvalue weighted by atomic mass is 9.75. The number of carbonyl (C=O) groups is 3. The Labute approximate surface area is 207 Å². The van der Waals surface area contributed by atoms with Crippen molar-refractivity contribution in [3.63, 3.8) is 0 Å². The third-order valence-corrected chi connectivity index (χ3v) is 8.10. The zero-order chi connectivity index (χ0) is 24.7. The number of nitrogens with zero attached hydrogens (tertiary/aromatic N) is 2. The summed E-state index contributed by atoms with van der Waals surface area (Å²) in [5, 5.41) is 0. The van der Waals surface area contributed by atoms with Crippen molar-refractivity contribution in [1.82, 2.24) is 4.90 Å². The number of ether oxygens (including phenoxy) is 1. The summed E-state index contributed by atoms with van der Waals surface area (Å²) in [6.45, 7) is 6.77. The molecule has 0 spiro atoms. The van der Waals surface area contributed by atoms with Gasteiger partial charge in [-0.05, 0) is 48.3 Å². The molecular weight excluding hydrogens is 440 g/mol. The normalized spacial score (nSPS) is 28.2. The van der Waals surface area contributed by atoms with Gasteiger partial charge in [-0.15, -0.1) is 0 Å². The number of rotatable bonds is 5. The van der Waals surface area contributed by atoms with Crippen LogP contribution in [0.15, 0.2) is 54.6 Å². The average molecular weight is 475 g/mol. The van der Waals surface area contributed by atoms with Gasteiger partial charge >= 0.3 is 5.97 Å². The Morgan fingerprint density at radius 1 is 1.06 bits per heavy atom. The number of benzene rings is 2. The van der Waals surface area contributed by atoms with E-state index in [4.69, 9.17) is 4.74 Å². The molecule has 0 bridgehead atoms. The molecule has 4 atom stereocenters. The summed E-state index contributed by atoms with van der Waals surface area (Å²) in [6.07, 6.45) is 3.15. The van der Waals surface area contributed by atoms with Crippen molar-refractivity contribution in [3.05, 3.63) is 65.7 Å². The van der Waals surface area contributed by atoms with Gasteiger partial charge in [-0.3, -0.25) is 14.5 Å². The SMILES string of the molecule is CC(C)[C@H]1CC[C@@H](C)C[C@H]1OC(=O)[C@@]12CCC(=O)N1c1ccccc1C(=O)N2Cc1ccccc1. The number of hydrogen-bond donors (Lipinski definition) is 0. The molecule has 2 aromatic rings. The molecule has 184 valence electrons. The van der Waals surface area contributed by atoms with Crippen LogP contribution in [0.2, 0.25) is 0 Å². The van der Waals surface area contributed by atoms with Crippen LogP contribution in [-0.4, -0.2) is 34.5 Å². The van der Waals surface area contributed by atoms with Gasteiger partial charge in [0.15, 0.2) is 0 Å². The number of anilines is 1. The maximum Gasteiger partial charge on any atom is 0.354 e. The van der Waals surface area contributed by atoms with Gasteiger partial charge in [0.1, 0.15) is 6.10 Å². The van der Waals surface area contributed by atoms with E-state index in [-0.39, 0.29) is 43.2 Å². The molecule has 0 radical (unpaired) electrons. The predicted molar refractivity (Wildman–Crippen MR) is 133 cm³/mol. The highest BCUT2D eigenvalue weighted by Crippen LogP contribution is 2.47. The lowest BCUT2D eigenvalue weighted by Crippen LogP contribution is -2.68. The molecule has 2 heterocycles. The molecule has 0 aromatic heterocycles. The van der Waals surface area contributed by atoms with E-state index < -0.39 is 11.6 Å². The summed E-state index contributed by atoms with van der Waals surface area (Å²) in [7, 11) is 0. The third-order valence-electron chi connectivity index (χ3n) is 8.10. The van der Waals surface area contributed by atoms with Crippen molar-refractivity contribution in [2.24, 2.45) is 17.8 Å². The fraction of sp³-hybridized carbons (Fsp3) is 0.483. The van der Waals surface area contributed by atoms with Crippen LogP contribution in [0.25, 0.3) is 0 Å². The molecule has 2 aromatic carbocycles. The maximum atomic E-state index is 14.2. The van der Waals surface area contributed by atoms with Gasteiger partial charge in [0.25, 0.3) is 5.91 Å². The first-order chi connectivity index (χ1) is 16.8. The summed E-state index contributed by atoms with van der Waals surface area (Å²) in [6, 6.07) is 16.7. The summed E-state index contributed by atoms with van der Waals surface area (Å²) < 4.78 is 6.33. The van der Waals surface area contributed by atoms with E-state index in [2.05, 4.69) is 20.8 Å². The van der Waals surface area contributed by atoms with Crippen LogP contribution in [0.3, 0.4) is 0 Å². The fourth-order valence-electron chi connectivity index (χ4n) is 6.22. The Kier molecular flexibility index (Phi) is 6.16. The predicted octanol–water partition coefficient (Wildman–Crippen LogP) is 5.17. The monoisotopic (exact) mass is 474 g/mol. The number of para-hydroxylation sites is 1. The highest BCUT2D eigenvalue weighted by atomic mass is 16.5. The van der Waals surface area contributed by atoms with Gasteiger partial charge in [0.05, 0.1) is 11.3 Å². The van der Waals surface area contributed by atoms with E-state index in [9.17, 15) is 14.4 Å². The molecule has 1 saturated carbocycles. The maximum absolute atomic E-state index is 14.2. The van der Waals surface area contributed by atoms with Crippen molar-refractivity contribution in [2.75, 3.05) is 4.90 Å². The van der Waals surface area contributed by atoms with Gasteiger partial charge in [-0.1, -0.05) is 69.7 Å². The van der Waals surface area contributed by atoms with Gasteiger partial charge in [0, 0.05) is 19.4 Å². The van der Waals surface area contributed by atoms with Crippen LogP contribution in [0, 0.1) is 17.8 Å². The van der Waals surface area contributed by atoms with Crippen LogP contribution in [0.5, 0.6) is 0 Å². The highest BCUT2D eigenvalue weighted by molar-refractivity contribution is 6.15. The minimum absolute atomic E-state index is 0.155. The van der Waals surface area contributed by atoms with Crippen molar-refractivity contribution in [1.29, 1.82) is 0 Å². The largest absolute Gasteiger partial charge is 0.459 e. The molecule has 6 heteroatoms. The minimum atomic E-state index is -1.47. The molecule has 3 aliphatic rings. The fourth-order valence-corrected chi connectivity index (χ4v) is 6.22. The Morgan fingerprint density at radius 3 is 2.51 bits per heavy atom. The second-order valence-electron chi connectivity index (χ2n) is 10.7. The van der Waals surface area contributed by atoms with Crippen LogP contribution in [0.4, 0.5) is 5.69 Å². The first-order valence-electron chi connectivity index (χ1n) is 12.8. The topological polar surface area (TPSA) is 66.9 Å². The summed E-state index contributed by atoms with van der Waals surface area (Å²) in [5.41, 5.74) is 0.366. The highest BCUT2D eigenvalue weighted by Gasteiger charge is 2.62. The Morgan fingerprint density at radius 2 is 1.77 bits per heavy atom. The molecule has 1 saturated heterocycles. The van der Waals surface area contributed by atoms with E-state index >= 15 is 0 Å². The molecule has 2 fully saturated rings.